The van der Waals surface area contributed by atoms with Crippen molar-refractivity contribution in [2.75, 3.05) is 24.6 Å². The highest BCUT2D eigenvalue weighted by molar-refractivity contribution is 5.89. The molecular formula is C21H24N6O4. The Kier molecular flexibility index (Phi) is 4.95. The van der Waals surface area contributed by atoms with Crippen molar-refractivity contribution in [2.45, 2.75) is 38.5 Å². The maximum absolute atomic E-state index is 11.1. The predicted molar refractivity (Wildman–Crippen MR) is 113 cm³/mol. The van der Waals surface area contributed by atoms with Crippen LogP contribution in [-0.4, -0.2) is 62.9 Å². The summed E-state index contributed by atoms with van der Waals surface area (Å²) >= 11 is 0. The molecule has 0 saturated carbocycles. The summed E-state index contributed by atoms with van der Waals surface area (Å²) in [7, 11) is 0. The summed E-state index contributed by atoms with van der Waals surface area (Å²) in [6.45, 7) is 3.69. The largest absolute Gasteiger partial charge is 0.410 e. The van der Waals surface area contributed by atoms with E-state index in [-0.39, 0.29) is 18.8 Å². The molecule has 2 aliphatic rings. The molecule has 2 unspecified atom stereocenters. The lowest BCUT2D eigenvalue weighted by Gasteiger charge is -2.33. The third kappa shape index (κ3) is 3.68. The van der Waals surface area contributed by atoms with E-state index in [4.69, 9.17) is 25.2 Å². The number of ether oxygens (including phenoxy) is 2. The second-order valence-corrected chi connectivity index (χ2v) is 7.96. The number of hydrogen-bond acceptors (Lipinski definition) is 8. The fourth-order valence-corrected chi connectivity index (χ4v) is 4.37. The highest BCUT2D eigenvalue weighted by atomic mass is 16.5. The van der Waals surface area contributed by atoms with Crippen molar-refractivity contribution in [1.29, 1.82) is 0 Å². The molecule has 2 aliphatic heterocycles. The minimum atomic E-state index is -0.856. The zero-order valence-electron chi connectivity index (χ0n) is 17.2. The summed E-state index contributed by atoms with van der Waals surface area (Å²) in [6.07, 6.45) is 3.46. The molecule has 10 nitrogen and oxygen atoms in total. The van der Waals surface area contributed by atoms with Crippen LogP contribution >= 0.6 is 0 Å². The number of hydrogen-bond donors (Lipinski definition) is 2. The summed E-state index contributed by atoms with van der Waals surface area (Å²) in [5.74, 6) is 1.75. The molecule has 2 saturated heterocycles. The topological polar surface area (TPSA) is 129 Å². The van der Waals surface area contributed by atoms with Crippen LogP contribution in [-0.2, 0) is 11.3 Å². The number of aryl methyl sites for hydroxylation is 1. The van der Waals surface area contributed by atoms with Crippen molar-refractivity contribution in [2.24, 2.45) is 5.73 Å². The predicted octanol–water partition coefficient (Wildman–Crippen LogP) is 1.62. The van der Waals surface area contributed by atoms with E-state index in [2.05, 4.69) is 10.00 Å². The molecule has 3 N–H and O–H groups in total. The van der Waals surface area contributed by atoms with E-state index < -0.39 is 6.09 Å². The highest BCUT2D eigenvalue weighted by Crippen LogP contribution is 2.34. The van der Waals surface area contributed by atoms with Gasteiger partial charge in [-0.05, 0) is 43.5 Å². The summed E-state index contributed by atoms with van der Waals surface area (Å²) in [6, 6.07) is 5.34. The van der Waals surface area contributed by atoms with E-state index in [1.807, 2.05) is 13.0 Å². The van der Waals surface area contributed by atoms with Gasteiger partial charge in [-0.2, -0.15) is 5.10 Å². The zero-order valence-corrected chi connectivity index (χ0v) is 17.2. The first-order chi connectivity index (χ1) is 15.0. The summed E-state index contributed by atoms with van der Waals surface area (Å²) in [5, 5.41) is 14.7. The molecule has 3 aromatic rings. The first-order valence-corrected chi connectivity index (χ1v) is 10.3. The van der Waals surface area contributed by atoms with Crippen LogP contribution in [0.3, 0.4) is 0 Å². The number of morpholine rings is 1. The van der Waals surface area contributed by atoms with Gasteiger partial charge in [0.2, 0.25) is 0 Å². The van der Waals surface area contributed by atoms with Crippen LogP contribution in [0.15, 0.2) is 24.4 Å². The average Bonchev–Trinajstić information content (AvgIpc) is 3.31. The smallest absolute Gasteiger partial charge is 0.409 e. The van der Waals surface area contributed by atoms with E-state index >= 15 is 0 Å². The maximum Gasteiger partial charge on any atom is 0.409 e. The summed E-state index contributed by atoms with van der Waals surface area (Å²) in [5.41, 5.74) is 7.33. The summed E-state index contributed by atoms with van der Waals surface area (Å²) in [4.78, 5) is 23.0. The van der Waals surface area contributed by atoms with Crippen LogP contribution in [0.1, 0.15) is 18.4 Å². The molecule has 2 aromatic heterocycles. The Morgan fingerprint density at radius 3 is 2.74 bits per heavy atom. The molecule has 0 radical (unpaired) electrons. The minimum absolute atomic E-state index is 0.0363. The molecule has 5 rings (SSSR count). The fraction of sp³-hybridized carbons (Fsp3) is 0.429. The number of carbonyl (C=O) groups excluding carboxylic acids is 1. The van der Waals surface area contributed by atoms with Gasteiger partial charge in [-0.25, -0.2) is 19.4 Å². The van der Waals surface area contributed by atoms with Gasteiger partial charge in [0.25, 0.3) is 0 Å². The minimum Gasteiger partial charge on any atom is -0.410 e. The molecule has 31 heavy (non-hydrogen) atoms. The number of nitrogens with zero attached hydrogens (tertiary/aromatic N) is 5. The van der Waals surface area contributed by atoms with Crippen molar-refractivity contribution >= 4 is 22.9 Å². The second-order valence-electron chi connectivity index (χ2n) is 7.96. The van der Waals surface area contributed by atoms with Crippen molar-refractivity contribution in [1.82, 2.24) is 19.7 Å². The molecule has 10 heteroatoms. The van der Waals surface area contributed by atoms with Crippen molar-refractivity contribution in [3.63, 3.8) is 0 Å². The van der Waals surface area contributed by atoms with Gasteiger partial charge >= 0.3 is 6.09 Å². The number of fused-ring (bicyclic) bond motifs is 3. The molecule has 2 fully saturated rings. The number of aliphatic hydroxyl groups excluding tert-OH is 1. The van der Waals surface area contributed by atoms with Crippen LogP contribution in [0.2, 0.25) is 0 Å². The molecule has 1 aromatic carbocycles. The number of anilines is 1. The molecule has 0 aliphatic carbocycles. The molecule has 2 atom stereocenters. The van der Waals surface area contributed by atoms with Crippen LogP contribution in [0.4, 0.5) is 10.6 Å². The molecule has 2 bridgehead atoms. The Morgan fingerprint density at radius 1 is 1.29 bits per heavy atom. The van der Waals surface area contributed by atoms with Gasteiger partial charge < -0.3 is 25.2 Å². The Labute approximate surface area is 178 Å². The van der Waals surface area contributed by atoms with Crippen molar-refractivity contribution < 1.29 is 19.4 Å². The number of benzene rings is 1. The number of aliphatic hydroxyl groups is 1. The number of rotatable bonds is 5. The van der Waals surface area contributed by atoms with Gasteiger partial charge in [0, 0.05) is 18.7 Å². The Hall–Kier alpha value is -3.24. The molecular weight excluding hydrogens is 400 g/mol. The van der Waals surface area contributed by atoms with Crippen LogP contribution < -0.4 is 15.4 Å². The monoisotopic (exact) mass is 424 g/mol. The van der Waals surface area contributed by atoms with Gasteiger partial charge in [0.1, 0.15) is 11.6 Å². The lowest BCUT2D eigenvalue weighted by molar-refractivity contribution is 0.0303. The van der Waals surface area contributed by atoms with Gasteiger partial charge in [-0.3, -0.25) is 0 Å². The lowest BCUT2D eigenvalue weighted by Crippen LogP contribution is -2.43. The normalized spacial score (nSPS) is 20.4. The Bertz CT molecular complexity index is 1130. The Morgan fingerprint density at radius 2 is 2.06 bits per heavy atom. The van der Waals surface area contributed by atoms with Crippen molar-refractivity contribution in [3.05, 3.63) is 30.0 Å². The van der Waals surface area contributed by atoms with Crippen LogP contribution in [0.5, 0.6) is 5.75 Å². The van der Waals surface area contributed by atoms with Crippen molar-refractivity contribution in [3.8, 4) is 17.1 Å². The van der Waals surface area contributed by atoms with E-state index in [1.165, 1.54) is 0 Å². The fourth-order valence-electron chi connectivity index (χ4n) is 4.37. The maximum atomic E-state index is 11.1. The van der Waals surface area contributed by atoms with Crippen LogP contribution in [0, 0.1) is 6.92 Å². The third-order valence-corrected chi connectivity index (χ3v) is 5.77. The van der Waals surface area contributed by atoms with Gasteiger partial charge in [-0.1, -0.05) is 0 Å². The molecule has 0 spiro atoms. The van der Waals surface area contributed by atoms with E-state index in [0.717, 1.165) is 48.3 Å². The SMILES string of the molecule is Cc1cc(-c2nc(N3CC4CCC(C3)O4)c3cnn(CCO)c3n2)ccc1OC(N)=O. The standard InChI is InChI=1S/C21H24N6O4/c1-12-8-13(2-5-17(12)31-21(22)29)18-24-19(26-10-14-3-4-15(11-26)30-14)16-9-23-27(6-7-28)20(16)25-18/h2,5,8-9,14-15,28H,3-4,6-7,10-11H2,1H3,(H2,22,29). The van der Waals surface area contributed by atoms with Crippen LogP contribution in [0.25, 0.3) is 22.4 Å². The lowest BCUT2D eigenvalue weighted by atomic mass is 10.1. The number of aromatic nitrogens is 4. The third-order valence-electron chi connectivity index (χ3n) is 5.77. The van der Waals surface area contributed by atoms with Gasteiger partial charge in [-0.15, -0.1) is 0 Å². The second kappa shape index (κ2) is 7.78. The molecule has 1 amide bonds. The average molecular weight is 424 g/mol. The van der Waals surface area contributed by atoms with E-state index in [9.17, 15) is 9.90 Å². The number of amides is 1. The van der Waals surface area contributed by atoms with E-state index in [1.54, 1.807) is 23.0 Å². The van der Waals surface area contributed by atoms with Gasteiger partial charge in [0.05, 0.1) is 36.9 Å². The molecule has 4 heterocycles. The number of primary amides is 1. The quantitative estimate of drug-likeness (QED) is 0.632. The summed E-state index contributed by atoms with van der Waals surface area (Å²) < 4.78 is 12.7. The first-order valence-electron chi connectivity index (χ1n) is 10.3. The zero-order chi connectivity index (χ0) is 21.5. The number of carbonyl (C=O) groups is 1. The Balaban J connectivity index is 1.60. The van der Waals surface area contributed by atoms with E-state index in [0.29, 0.717) is 23.8 Å². The number of nitrogens with two attached hydrogens (primary N) is 1. The first kappa shape index (κ1) is 19.7. The van der Waals surface area contributed by atoms with Gasteiger partial charge in [0.15, 0.2) is 11.5 Å². The molecule has 162 valence electrons. The highest BCUT2D eigenvalue weighted by Gasteiger charge is 2.35.